The van der Waals surface area contributed by atoms with E-state index in [1.807, 2.05) is 24.3 Å². The molecular formula is C13H18BrNO2. The molecule has 1 atom stereocenters. The van der Waals surface area contributed by atoms with E-state index in [2.05, 4.69) is 20.8 Å². The molecule has 0 bridgehead atoms. The number of benzene rings is 1. The van der Waals surface area contributed by atoms with Crippen LogP contribution in [0, 0.1) is 0 Å². The normalized spacial score (nSPS) is 17.4. The predicted molar refractivity (Wildman–Crippen MR) is 70.8 cm³/mol. The number of halogens is 1. The van der Waals surface area contributed by atoms with Gasteiger partial charge in [0.1, 0.15) is 0 Å². The molecule has 1 unspecified atom stereocenters. The zero-order valence-electron chi connectivity index (χ0n) is 9.72. The summed E-state index contributed by atoms with van der Waals surface area (Å²) >= 11 is 3.40. The lowest BCUT2D eigenvalue weighted by molar-refractivity contribution is 0.0952. The standard InChI is InChI=1S/C13H18BrNO2/c14-11-3-1-2-10(8-11)13(17)9-15(6-7-16)12-4-5-12/h1-3,8,12-13,16-17H,4-7,9H2. The first-order chi connectivity index (χ1) is 8.20. The molecule has 1 aromatic carbocycles. The van der Waals surface area contributed by atoms with Gasteiger partial charge in [0.05, 0.1) is 12.7 Å². The quantitative estimate of drug-likeness (QED) is 0.844. The highest BCUT2D eigenvalue weighted by molar-refractivity contribution is 9.10. The minimum Gasteiger partial charge on any atom is -0.395 e. The zero-order valence-corrected chi connectivity index (χ0v) is 11.3. The summed E-state index contributed by atoms with van der Waals surface area (Å²) in [5.74, 6) is 0. The van der Waals surface area contributed by atoms with Crippen LogP contribution in [0.15, 0.2) is 28.7 Å². The topological polar surface area (TPSA) is 43.7 Å². The zero-order chi connectivity index (χ0) is 12.3. The Balaban J connectivity index is 1.96. The van der Waals surface area contributed by atoms with Gasteiger partial charge < -0.3 is 10.2 Å². The van der Waals surface area contributed by atoms with Gasteiger partial charge in [0, 0.05) is 23.6 Å². The Morgan fingerprint density at radius 2 is 2.18 bits per heavy atom. The van der Waals surface area contributed by atoms with E-state index < -0.39 is 6.10 Å². The average molecular weight is 300 g/mol. The van der Waals surface area contributed by atoms with Crippen molar-refractivity contribution in [3.05, 3.63) is 34.3 Å². The molecule has 17 heavy (non-hydrogen) atoms. The number of aliphatic hydroxyl groups is 2. The second-order valence-corrected chi connectivity index (χ2v) is 5.44. The third-order valence-corrected chi connectivity index (χ3v) is 3.58. The van der Waals surface area contributed by atoms with Crippen LogP contribution in [0.2, 0.25) is 0 Å². The first-order valence-corrected chi connectivity index (χ1v) is 6.78. The molecule has 1 aromatic rings. The van der Waals surface area contributed by atoms with E-state index in [1.54, 1.807) is 0 Å². The van der Waals surface area contributed by atoms with Crippen molar-refractivity contribution in [2.45, 2.75) is 25.0 Å². The van der Waals surface area contributed by atoms with E-state index in [4.69, 9.17) is 5.11 Å². The minimum absolute atomic E-state index is 0.154. The van der Waals surface area contributed by atoms with Crippen LogP contribution in [0.3, 0.4) is 0 Å². The molecule has 3 nitrogen and oxygen atoms in total. The second kappa shape index (κ2) is 5.96. The summed E-state index contributed by atoms with van der Waals surface area (Å²) in [7, 11) is 0. The largest absolute Gasteiger partial charge is 0.395 e. The van der Waals surface area contributed by atoms with Crippen LogP contribution in [-0.4, -0.2) is 40.9 Å². The summed E-state index contributed by atoms with van der Waals surface area (Å²) in [5, 5.41) is 19.2. The average Bonchev–Trinajstić information content (AvgIpc) is 3.12. The van der Waals surface area contributed by atoms with Gasteiger partial charge in [0.25, 0.3) is 0 Å². The number of hydrogen-bond acceptors (Lipinski definition) is 3. The SMILES string of the molecule is OCCN(CC(O)c1cccc(Br)c1)C1CC1. The summed E-state index contributed by atoms with van der Waals surface area (Å²) in [5.41, 5.74) is 0.919. The number of rotatable bonds is 6. The summed E-state index contributed by atoms with van der Waals surface area (Å²) in [6.07, 6.45) is 1.89. The van der Waals surface area contributed by atoms with Gasteiger partial charge in [-0.25, -0.2) is 0 Å². The van der Waals surface area contributed by atoms with E-state index in [-0.39, 0.29) is 6.61 Å². The van der Waals surface area contributed by atoms with E-state index in [0.29, 0.717) is 19.1 Å². The summed E-state index contributed by atoms with van der Waals surface area (Å²) < 4.78 is 0.981. The van der Waals surface area contributed by atoms with Crippen molar-refractivity contribution in [2.24, 2.45) is 0 Å². The number of hydrogen-bond donors (Lipinski definition) is 2. The summed E-state index contributed by atoms with van der Waals surface area (Å²) in [6, 6.07) is 8.30. The Morgan fingerprint density at radius 1 is 1.41 bits per heavy atom. The molecule has 0 amide bonds. The van der Waals surface area contributed by atoms with E-state index in [0.717, 1.165) is 10.0 Å². The third-order valence-electron chi connectivity index (χ3n) is 3.09. The molecule has 0 saturated heterocycles. The molecule has 4 heteroatoms. The maximum atomic E-state index is 10.2. The van der Waals surface area contributed by atoms with Gasteiger partial charge >= 0.3 is 0 Å². The van der Waals surface area contributed by atoms with Crippen LogP contribution in [0.5, 0.6) is 0 Å². The fraction of sp³-hybridized carbons (Fsp3) is 0.538. The van der Waals surface area contributed by atoms with Gasteiger partial charge in [-0.1, -0.05) is 28.1 Å². The van der Waals surface area contributed by atoms with Crippen molar-refractivity contribution in [1.29, 1.82) is 0 Å². The van der Waals surface area contributed by atoms with E-state index in [1.165, 1.54) is 12.8 Å². The van der Waals surface area contributed by atoms with E-state index >= 15 is 0 Å². The first-order valence-electron chi connectivity index (χ1n) is 5.99. The Hall–Kier alpha value is -0.420. The van der Waals surface area contributed by atoms with Crippen molar-refractivity contribution >= 4 is 15.9 Å². The molecule has 0 radical (unpaired) electrons. The fourth-order valence-electron chi connectivity index (χ4n) is 2.03. The van der Waals surface area contributed by atoms with Gasteiger partial charge in [-0.15, -0.1) is 0 Å². The Bertz CT molecular complexity index is 368. The monoisotopic (exact) mass is 299 g/mol. The highest BCUT2D eigenvalue weighted by Crippen LogP contribution is 2.28. The molecular weight excluding hydrogens is 282 g/mol. The van der Waals surface area contributed by atoms with Gasteiger partial charge in [-0.3, -0.25) is 4.90 Å². The van der Waals surface area contributed by atoms with Crippen molar-refractivity contribution in [3.8, 4) is 0 Å². The van der Waals surface area contributed by atoms with E-state index in [9.17, 15) is 5.11 Å². The van der Waals surface area contributed by atoms with Crippen LogP contribution in [-0.2, 0) is 0 Å². The van der Waals surface area contributed by atoms with Crippen molar-refractivity contribution in [1.82, 2.24) is 4.90 Å². The molecule has 0 aliphatic heterocycles. The molecule has 1 fully saturated rings. The molecule has 1 aliphatic carbocycles. The maximum Gasteiger partial charge on any atom is 0.0917 e. The van der Waals surface area contributed by atoms with Crippen LogP contribution in [0.25, 0.3) is 0 Å². The minimum atomic E-state index is -0.486. The second-order valence-electron chi connectivity index (χ2n) is 4.52. The van der Waals surface area contributed by atoms with Crippen LogP contribution in [0.1, 0.15) is 24.5 Å². The van der Waals surface area contributed by atoms with Gasteiger partial charge in [0.2, 0.25) is 0 Å². The molecule has 0 heterocycles. The molecule has 0 aromatic heterocycles. The van der Waals surface area contributed by atoms with Gasteiger partial charge in [-0.2, -0.15) is 0 Å². The van der Waals surface area contributed by atoms with Crippen LogP contribution >= 0.6 is 15.9 Å². The molecule has 2 rings (SSSR count). The smallest absolute Gasteiger partial charge is 0.0917 e. The molecule has 1 saturated carbocycles. The van der Waals surface area contributed by atoms with Gasteiger partial charge in [-0.05, 0) is 30.5 Å². The van der Waals surface area contributed by atoms with Crippen molar-refractivity contribution in [3.63, 3.8) is 0 Å². The Kier molecular flexibility index (Phi) is 4.56. The fourth-order valence-corrected chi connectivity index (χ4v) is 2.45. The Morgan fingerprint density at radius 3 is 2.76 bits per heavy atom. The highest BCUT2D eigenvalue weighted by atomic mass is 79.9. The third kappa shape index (κ3) is 3.78. The van der Waals surface area contributed by atoms with Gasteiger partial charge in [0.15, 0.2) is 0 Å². The highest BCUT2D eigenvalue weighted by Gasteiger charge is 2.29. The lowest BCUT2D eigenvalue weighted by atomic mass is 10.1. The molecule has 1 aliphatic rings. The Labute approximate surface area is 110 Å². The van der Waals surface area contributed by atoms with Crippen molar-refractivity contribution in [2.75, 3.05) is 19.7 Å². The molecule has 94 valence electrons. The first kappa shape index (κ1) is 13.0. The van der Waals surface area contributed by atoms with Crippen molar-refractivity contribution < 1.29 is 10.2 Å². The van der Waals surface area contributed by atoms with Crippen LogP contribution < -0.4 is 0 Å². The summed E-state index contributed by atoms with van der Waals surface area (Å²) in [4.78, 5) is 2.17. The predicted octanol–water partition coefficient (Wildman–Crippen LogP) is 1.94. The molecule has 2 N–H and O–H groups in total. The van der Waals surface area contributed by atoms with Crippen LogP contribution in [0.4, 0.5) is 0 Å². The maximum absolute atomic E-state index is 10.2. The number of aliphatic hydroxyl groups excluding tert-OH is 2. The lowest BCUT2D eigenvalue weighted by Crippen LogP contribution is -2.33. The summed E-state index contributed by atoms with van der Waals surface area (Å²) in [6.45, 7) is 1.40. The number of nitrogens with zero attached hydrogens (tertiary/aromatic N) is 1. The lowest BCUT2D eigenvalue weighted by Gasteiger charge is -2.24. The molecule has 0 spiro atoms.